The van der Waals surface area contributed by atoms with Crippen molar-refractivity contribution >= 4 is 6.08 Å². The zero-order valence-corrected chi connectivity index (χ0v) is 7.21. The first-order chi connectivity index (χ1) is 5.20. The largest absolute Gasteiger partial charge is 0.235 e. The van der Waals surface area contributed by atoms with E-state index in [-0.39, 0.29) is 6.04 Å². The summed E-state index contributed by atoms with van der Waals surface area (Å²) in [6.07, 6.45) is 5.07. The Morgan fingerprint density at radius 3 is 2.64 bits per heavy atom. The van der Waals surface area contributed by atoms with E-state index in [1.165, 1.54) is 0 Å². The van der Waals surface area contributed by atoms with Crippen molar-refractivity contribution in [2.24, 2.45) is 10.9 Å². The van der Waals surface area contributed by atoms with Crippen LogP contribution in [-0.4, -0.2) is 12.1 Å². The monoisotopic (exact) mass is 153 g/mol. The predicted octanol–water partition coefficient (Wildman–Crippen LogP) is 2.31. The predicted molar refractivity (Wildman–Crippen MR) is 46.2 cm³/mol. The molecule has 0 aliphatic carbocycles. The molecule has 0 aliphatic rings. The number of aliphatic imine (C=N–C) groups is 1. The smallest absolute Gasteiger partial charge is 0.211 e. The Hall–Kier alpha value is -0.880. The Morgan fingerprint density at radius 2 is 2.27 bits per heavy atom. The van der Waals surface area contributed by atoms with Crippen LogP contribution in [0, 0.1) is 5.92 Å². The fourth-order valence-electron chi connectivity index (χ4n) is 1.01. The molecule has 0 aromatic carbocycles. The van der Waals surface area contributed by atoms with Gasteiger partial charge >= 0.3 is 0 Å². The maximum atomic E-state index is 9.95. The van der Waals surface area contributed by atoms with Crippen molar-refractivity contribution in [3.63, 3.8) is 0 Å². The molecule has 0 heterocycles. The lowest BCUT2D eigenvalue weighted by Gasteiger charge is -2.09. The van der Waals surface area contributed by atoms with E-state index in [4.69, 9.17) is 0 Å². The van der Waals surface area contributed by atoms with E-state index in [0.29, 0.717) is 5.92 Å². The number of rotatable bonds is 5. The molecule has 0 fully saturated rings. The van der Waals surface area contributed by atoms with Gasteiger partial charge in [0.15, 0.2) is 0 Å². The van der Waals surface area contributed by atoms with Gasteiger partial charge in [0.2, 0.25) is 6.08 Å². The van der Waals surface area contributed by atoms with Crippen LogP contribution in [0.2, 0.25) is 0 Å². The van der Waals surface area contributed by atoms with Crippen molar-refractivity contribution in [1.82, 2.24) is 0 Å². The summed E-state index contributed by atoms with van der Waals surface area (Å²) in [5.41, 5.74) is 0. The van der Waals surface area contributed by atoms with Crippen LogP contribution in [0.3, 0.4) is 0 Å². The summed E-state index contributed by atoms with van der Waals surface area (Å²) >= 11 is 0. The van der Waals surface area contributed by atoms with Crippen LogP contribution in [0.15, 0.2) is 17.6 Å². The van der Waals surface area contributed by atoms with Crippen LogP contribution in [0.4, 0.5) is 0 Å². The summed E-state index contributed by atoms with van der Waals surface area (Å²) in [7, 11) is 0. The Kier molecular flexibility index (Phi) is 5.40. The van der Waals surface area contributed by atoms with E-state index < -0.39 is 0 Å². The van der Waals surface area contributed by atoms with Crippen LogP contribution in [0.1, 0.15) is 26.7 Å². The van der Waals surface area contributed by atoms with E-state index in [1.807, 2.05) is 0 Å². The molecule has 0 N–H and O–H groups in total. The first-order valence-corrected chi connectivity index (χ1v) is 3.88. The van der Waals surface area contributed by atoms with Crippen LogP contribution < -0.4 is 0 Å². The second-order valence-electron chi connectivity index (χ2n) is 3.03. The van der Waals surface area contributed by atoms with E-state index >= 15 is 0 Å². The zero-order chi connectivity index (χ0) is 8.69. The Labute approximate surface area is 68.0 Å². The molecule has 2 nitrogen and oxygen atoms in total. The van der Waals surface area contributed by atoms with Crippen molar-refractivity contribution in [2.45, 2.75) is 32.7 Å². The highest BCUT2D eigenvalue weighted by Crippen LogP contribution is 2.10. The Balaban J connectivity index is 3.87. The molecular weight excluding hydrogens is 138 g/mol. The highest BCUT2D eigenvalue weighted by atomic mass is 16.1. The highest BCUT2D eigenvalue weighted by molar-refractivity contribution is 5.33. The van der Waals surface area contributed by atoms with Crippen molar-refractivity contribution in [3.05, 3.63) is 12.7 Å². The van der Waals surface area contributed by atoms with Gasteiger partial charge in [-0.15, -0.1) is 6.58 Å². The minimum Gasteiger partial charge on any atom is -0.211 e. The molecule has 0 aliphatic heterocycles. The summed E-state index contributed by atoms with van der Waals surface area (Å²) < 4.78 is 0. The molecule has 1 unspecified atom stereocenters. The maximum absolute atomic E-state index is 9.95. The summed E-state index contributed by atoms with van der Waals surface area (Å²) in [6, 6.07) is 0.0880. The molecule has 11 heavy (non-hydrogen) atoms. The molecule has 0 amide bonds. The molecule has 0 aromatic heterocycles. The lowest BCUT2D eigenvalue weighted by Crippen LogP contribution is -2.06. The van der Waals surface area contributed by atoms with Gasteiger partial charge in [-0.1, -0.05) is 19.9 Å². The number of nitrogens with zero attached hydrogens (tertiary/aromatic N) is 1. The molecule has 0 rings (SSSR count). The van der Waals surface area contributed by atoms with Crippen LogP contribution in [-0.2, 0) is 4.79 Å². The van der Waals surface area contributed by atoms with Gasteiger partial charge in [-0.05, 0) is 18.8 Å². The molecular formula is C9H15NO. The normalized spacial score (nSPS) is 12.3. The van der Waals surface area contributed by atoms with Crippen LogP contribution in [0.25, 0.3) is 0 Å². The third-order valence-corrected chi connectivity index (χ3v) is 1.42. The fourth-order valence-corrected chi connectivity index (χ4v) is 1.01. The molecule has 0 bridgehead atoms. The van der Waals surface area contributed by atoms with Gasteiger partial charge < -0.3 is 0 Å². The first kappa shape index (κ1) is 10.1. The topological polar surface area (TPSA) is 29.4 Å². The summed E-state index contributed by atoms with van der Waals surface area (Å²) in [4.78, 5) is 13.6. The molecule has 0 spiro atoms. The SMILES string of the molecule is C=CCC(CC(C)C)N=C=O. The number of hydrogen-bond donors (Lipinski definition) is 0. The van der Waals surface area contributed by atoms with Crippen molar-refractivity contribution in [3.8, 4) is 0 Å². The number of isocyanates is 1. The second-order valence-corrected chi connectivity index (χ2v) is 3.03. The van der Waals surface area contributed by atoms with Crippen molar-refractivity contribution in [2.75, 3.05) is 0 Å². The second kappa shape index (κ2) is 5.87. The number of hydrogen-bond acceptors (Lipinski definition) is 2. The Morgan fingerprint density at radius 1 is 1.64 bits per heavy atom. The van der Waals surface area contributed by atoms with E-state index in [1.54, 1.807) is 12.2 Å². The van der Waals surface area contributed by atoms with E-state index in [2.05, 4.69) is 25.4 Å². The van der Waals surface area contributed by atoms with Crippen molar-refractivity contribution in [1.29, 1.82) is 0 Å². The standard InChI is InChI=1S/C9H15NO/c1-4-5-9(10-7-11)6-8(2)3/h4,8-9H,1,5-6H2,2-3H3. The zero-order valence-electron chi connectivity index (χ0n) is 7.21. The lowest BCUT2D eigenvalue weighted by molar-refractivity contribution is 0.492. The summed E-state index contributed by atoms with van der Waals surface area (Å²) in [5, 5.41) is 0. The minimum absolute atomic E-state index is 0.0880. The van der Waals surface area contributed by atoms with Gasteiger partial charge in [-0.2, -0.15) is 0 Å². The first-order valence-electron chi connectivity index (χ1n) is 3.88. The van der Waals surface area contributed by atoms with Gasteiger partial charge in [0.1, 0.15) is 0 Å². The van der Waals surface area contributed by atoms with Crippen LogP contribution >= 0.6 is 0 Å². The average molecular weight is 153 g/mol. The molecule has 0 aromatic rings. The average Bonchev–Trinajstić information content (AvgIpc) is 1.87. The quantitative estimate of drug-likeness (QED) is 0.338. The van der Waals surface area contributed by atoms with Crippen LogP contribution in [0.5, 0.6) is 0 Å². The molecule has 0 saturated heterocycles. The molecule has 2 heteroatoms. The lowest BCUT2D eigenvalue weighted by atomic mass is 10.0. The number of carbonyl (C=O) groups excluding carboxylic acids is 1. The van der Waals surface area contributed by atoms with Gasteiger partial charge in [0.05, 0.1) is 6.04 Å². The third kappa shape index (κ3) is 5.56. The van der Waals surface area contributed by atoms with Gasteiger partial charge in [-0.25, -0.2) is 9.79 Å². The van der Waals surface area contributed by atoms with E-state index in [0.717, 1.165) is 12.8 Å². The molecule has 62 valence electrons. The molecule has 1 atom stereocenters. The van der Waals surface area contributed by atoms with Gasteiger partial charge in [0.25, 0.3) is 0 Å². The summed E-state index contributed by atoms with van der Waals surface area (Å²) in [6.45, 7) is 7.82. The summed E-state index contributed by atoms with van der Waals surface area (Å²) in [5.74, 6) is 0.567. The fraction of sp³-hybridized carbons (Fsp3) is 0.667. The minimum atomic E-state index is 0.0880. The third-order valence-electron chi connectivity index (χ3n) is 1.42. The van der Waals surface area contributed by atoms with Gasteiger partial charge in [0, 0.05) is 0 Å². The molecule has 0 saturated carbocycles. The highest BCUT2D eigenvalue weighted by Gasteiger charge is 2.06. The Bertz CT molecular complexity index is 157. The maximum Gasteiger partial charge on any atom is 0.235 e. The van der Waals surface area contributed by atoms with Crippen molar-refractivity contribution < 1.29 is 4.79 Å². The molecule has 0 radical (unpaired) electrons. The van der Waals surface area contributed by atoms with Gasteiger partial charge in [-0.3, -0.25) is 0 Å². The van der Waals surface area contributed by atoms with E-state index in [9.17, 15) is 4.79 Å².